The molecule has 7 nitrogen and oxygen atoms in total. The molecule has 1 aromatic heterocycles. The minimum Gasteiger partial charge on any atom is -0.461 e. The van der Waals surface area contributed by atoms with Crippen LogP contribution in [0.25, 0.3) is 0 Å². The number of aromatic nitrogens is 1. The van der Waals surface area contributed by atoms with Crippen LogP contribution in [-0.2, 0) is 9.53 Å². The van der Waals surface area contributed by atoms with Crippen LogP contribution in [-0.4, -0.2) is 42.5 Å². The second kappa shape index (κ2) is 7.47. The molecule has 0 bridgehead atoms. The highest BCUT2D eigenvalue weighted by molar-refractivity contribution is 7.11. The molecule has 0 saturated heterocycles. The zero-order valence-electron chi connectivity index (χ0n) is 10.7. The van der Waals surface area contributed by atoms with Gasteiger partial charge in [0.1, 0.15) is 5.69 Å². The maximum atomic E-state index is 11.7. The van der Waals surface area contributed by atoms with Crippen molar-refractivity contribution in [2.24, 2.45) is 0 Å². The molecule has 0 aliphatic heterocycles. The van der Waals surface area contributed by atoms with Crippen LogP contribution in [0.4, 0.5) is 0 Å². The first-order valence-corrected chi connectivity index (χ1v) is 6.57. The minimum atomic E-state index is -0.537. The van der Waals surface area contributed by atoms with Crippen molar-refractivity contribution in [3.8, 4) is 0 Å². The van der Waals surface area contributed by atoms with Gasteiger partial charge < -0.3 is 15.4 Å². The summed E-state index contributed by atoms with van der Waals surface area (Å²) in [6.07, 6.45) is 0. The summed E-state index contributed by atoms with van der Waals surface area (Å²) < 4.78 is 4.78. The first-order valence-electron chi connectivity index (χ1n) is 5.70. The van der Waals surface area contributed by atoms with Crippen LogP contribution in [0.1, 0.15) is 34.1 Å². The van der Waals surface area contributed by atoms with Gasteiger partial charge in [0.2, 0.25) is 10.9 Å². The third kappa shape index (κ3) is 5.04. The summed E-state index contributed by atoms with van der Waals surface area (Å²) in [5, 5.41) is 6.76. The normalized spacial score (nSPS) is 9.79. The van der Waals surface area contributed by atoms with E-state index in [1.807, 2.05) is 0 Å². The van der Waals surface area contributed by atoms with Crippen LogP contribution in [0.15, 0.2) is 5.38 Å². The second-order valence-corrected chi connectivity index (χ2v) is 4.36. The highest BCUT2D eigenvalue weighted by Gasteiger charge is 2.15. The Balaban J connectivity index is 2.45. The molecule has 0 fully saturated rings. The predicted octanol–water partition coefficient (Wildman–Crippen LogP) is 0.186. The Morgan fingerprint density at radius 2 is 2.00 bits per heavy atom. The monoisotopic (exact) mass is 285 g/mol. The lowest BCUT2D eigenvalue weighted by molar-refractivity contribution is -0.118. The second-order valence-electron chi connectivity index (χ2n) is 3.50. The van der Waals surface area contributed by atoms with Crippen molar-refractivity contribution in [3.05, 3.63) is 16.1 Å². The first-order chi connectivity index (χ1) is 9.04. The van der Waals surface area contributed by atoms with Gasteiger partial charge in [-0.3, -0.25) is 9.59 Å². The standard InChI is InChI=1S/C11H15N3O4S/c1-3-18-11(17)10-14-8(6-19-10)9(16)13-5-4-12-7(2)15/h6H,3-5H2,1-2H3,(H,12,15)(H,13,16). The molecule has 2 N–H and O–H groups in total. The molecular formula is C11H15N3O4S. The maximum Gasteiger partial charge on any atom is 0.367 e. The van der Waals surface area contributed by atoms with Crippen molar-refractivity contribution >= 4 is 29.1 Å². The number of ether oxygens (including phenoxy) is 1. The van der Waals surface area contributed by atoms with E-state index < -0.39 is 11.9 Å². The summed E-state index contributed by atoms with van der Waals surface area (Å²) in [5.74, 6) is -1.09. The summed E-state index contributed by atoms with van der Waals surface area (Å²) in [6.45, 7) is 3.99. The van der Waals surface area contributed by atoms with Crippen molar-refractivity contribution in [1.29, 1.82) is 0 Å². The Bertz CT molecular complexity index is 472. The fraction of sp³-hybridized carbons (Fsp3) is 0.455. The van der Waals surface area contributed by atoms with E-state index in [0.717, 1.165) is 11.3 Å². The molecule has 0 radical (unpaired) electrons. The number of esters is 1. The number of hydrogen-bond donors (Lipinski definition) is 2. The number of amides is 2. The lowest BCUT2D eigenvalue weighted by Crippen LogP contribution is -2.33. The lowest BCUT2D eigenvalue weighted by Gasteiger charge is -2.03. The van der Waals surface area contributed by atoms with Crippen LogP contribution < -0.4 is 10.6 Å². The molecular weight excluding hydrogens is 270 g/mol. The number of rotatable bonds is 6. The highest BCUT2D eigenvalue weighted by Crippen LogP contribution is 2.10. The van der Waals surface area contributed by atoms with Crippen molar-refractivity contribution in [1.82, 2.24) is 15.6 Å². The number of nitrogens with zero attached hydrogens (tertiary/aromatic N) is 1. The van der Waals surface area contributed by atoms with Crippen LogP contribution >= 0.6 is 11.3 Å². The molecule has 19 heavy (non-hydrogen) atoms. The van der Waals surface area contributed by atoms with Crippen LogP contribution in [0.2, 0.25) is 0 Å². The molecule has 2 amide bonds. The largest absolute Gasteiger partial charge is 0.461 e. The SMILES string of the molecule is CCOC(=O)c1nc(C(=O)NCCNC(C)=O)cs1. The van der Waals surface area contributed by atoms with E-state index in [1.54, 1.807) is 6.92 Å². The van der Waals surface area contributed by atoms with Crippen molar-refractivity contribution in [3.63, 3.8) is 0 Å². The van der Waals surface area contributed by atoms with Gasteiger partial charge in [-0.25, -0.2) is 9.78 Å². The number of nitrogens with one attached hydrogen (secondary N) is 2. The smallest absolute Gasteiger partial charge is 0.367 e. The van der Waals surface area contributed by atoms with Gasteiger partial charge in [-0.2, -0.15) is 0 Å². The molecule has 0 spiro atoms. The van der Waals surface area contributed by atoms with Crippen LogP contribution in [0.5, 0.6) is 0 Å². The molecule has 0 aromatic carbocycles. The van der Waals surface area contributed by atoms with Crippen molar-refractivity contribution < 1.29 is 19.1 Å². The van der Waals surface area contributed by atoms with E-state index >= 15 is 0 Å². The minimum absolute atomic E-state index is 0.147. The van der Waals surface area contributed by atoms with E-state index in [9.17, 15) is 14.4 Å². The molecule has 0 aliphatic rings. The van der Waals surface area contributed by atoms with Gasteiger partial charge in [0, 0.05) is 25.4 Å². The zero-order valence-corrected chi connectivity index (χ0v) is 11.5. The average molecular weight is 285 g/mol. The summed E-state index contributed by atoms with van der Waals surface area (Å²) in [4.78, 5) is 37.5. The van der Waals surface area contributed by atoms with E-state index in [-0.39, 0.29) is 23.2 Å². The zero-order chi connectivity index (χ0) is 14.3. The Morgan fingerprint density at radius 1 is 1.32 bits per heavy atom. The van der Waals surface area contributed by atoms with E-state index in [1.165, 1.54) is 12.3 Å². The van der Waals surface area contributed by atoms with Crippen molar-refractivity contribution in [2.75, 3.05) is 19.7 Å². The van der Waals surface area contributed by atoms with Crippen LogP contribution in [0, 0.1) is 0 Å². The summed E-state index contributed by atoms with van der Waals surface area (Å²) in [7, 11) is 0. The molecule has 8 heteroatoms. The summed E-state index contributed by atoms with van der Waals surface area (Å²) in [5.41, 5.74) is 0.163. The molecule has 0 atom stereocenters. The molecule has 0 unspecified atom stereocenters. The lowest BCUT2D eigenvalue weighted by atomic mass is 10.4. The number of carbonyl (C=O) groups is 3. The molecule has 1 rings (SSSR count). The fourth-order valence-electron chi connectivity index (χ4n) is 1.17. The van der Waals surface area contributed by atoms with Gasteiger partial charge in [-0.05, 0) is 6.92 Å². The van der Waals surface area contributed by atoms with Crippen molar-refractivity contribution in [2.45, 2.75) is 13.8 Å². The molecule has 0 saturated carbocycles. The predicted molar refractivity (Wildman–Crippen MR) is 69.1 cm³/mol. The van der Waals surface area contributed by atoms with Crippen LogP contribution in [0.3, 0.4) is 0 Å². The third-order valence-electron chi connectivity index (χ3n) is 1.97. The summed E-state index contributed by atoms with van der Waals surface area (Å²) >= 11 is 1.05. The van der Waals surface area contributed by atoms with E-state index in [4.69, 9.17) is 4.74 Å². The highest BCUT2D eigenvalue weighted by atomic mass is 32.1. The Hall–Kier alpha value is -1.96. The van der Waals surface area contributed by atoms with E-state index in [2.05, 4.69) is 15.6 Å². The molecule has 104 valence electrons. The quantitative estimate of drug-likeness (QED) is 0.574. The molecule has 1 heterocycles. The topological polar surface area (TPSA) is 97.4 Å². The number of hydrogen-bond acceptors (Lipinski definition) is 6. The van der Waals surface area contributed by atoms with Gasteiger partial charge >= 0.3 is 5.97 Å². The Kier molecular flexibility index (Phi) is 5.94. The molecule has 1 aromatic rings. The summed E-state index contributed by atoms with van der Waals surface area (Å²) in [6, 6.07) is 0. The molecule has 0 aliphatic carbocycles. The van der Waals surface area contributed by atoms with E-state index in [0.29, 0.717) is 13.1 Å². The van der Waals surface area contributed by atoms with Gasteiger partial charge in [-0.1, -0.05) is 0 Å². The van der Waals surface area contributed by atoms with Gasteiger partial charge in [0.25, 0.3) is 5.91 Å². The van der Waals surface area contributed by atoms with Gasteiger partial charge in [0.05, 0.1) is 6.61 Å². The fourth-order valence-corrected chi connectivity index (χ4v) is 1.86. The number of thiazole rings is 1. The third-order valence-corrected chi connectivity index (χ3v) is 2.79. The Labute approximate surface area is 114 Å². The van der Waals surface area contributed by atoms with Gasteiger partial charge in [0.15, 0.2) is 0 Å². The van der Waals surface area contributed by atoms with Gasteiger partial charge in [-0.15, -0.1) is 11.3 Å². The number of carbonyl (C=O) groups excluding carboxylic acids is 3. The maximum absolute atomic E-state index is 11.7. The first kappa shape index (κ1) is 15.1. The average Bonchev–Trinajstić information content (AvgIpc) is 2.84. The Morgan fingerprint density at radius 3 is 2.63 bits per heavy atom.